The largest absolute Gasteiger partial charge is 0.367 e. The van der Waals surface area contributed by atoms with E-state index in [4.69, 9.17) is 9.26 Å². The Balaban J connectivity index is 2.28. The van der Waals surface area contributed by atoms with E-state index in [1.807, 2.05) is 6.92 Å². The van der Waals surface area contributed by atoms with E-state index in [0.717, 1.165) is 19.4 Å². The predicted octanol–water partition coefficient (Wildman–Crippen LogP) is 1.86. The highest BCUT2D eigenvalue weighted by Crippen LogP contribution is 2.33. The lowest BCUT2D eigenvalue weighted by Crippen LogP contribution is -2.21. The van der Waals surface area contributed by atoms with Crippen molar-refractivity contribution in [2.24, 2.45) is 0 Å². The topological polar surface area (TPSA) is 48.2 Å². The monoisotopic (exact) mass is 232 g/mol. The molecule has 1 saturated heterocycles. The SMILES string of the molecule is CC1(c2noc(Br)n2)CCCO1. The molecule has 1 atom stereocenters. The van der Waals surface area contributed by atoms with Crippen molar-refractivity contribution < 1.29 is 9.26 Å². The standard InChI is InChI=1S/C7H9BrN2O2/c1-7(3-2-4-11-7)5-9-6(8)12-10-5/h2-4H2,1H3. The van der Waals surface area contributed by atoms with Crippen LogP contribution in [0, 0.1) is 0 Å². The maximum absolute atomic E-state index is 5.53. The van der Waals surface area contributed by atoms with Crippen molar-refractivity contribution in [1.29, 1.82) is 0 Å². The molecule has 0 spiro atoms. The number of hydrogen-bond donors (Lipinski definition) is 0. The molecule has 0 saturated carbocycles. The molecule has 66 valence electrons. The van der Waals surface area contributed by atoms with E-state index in [9.17, 15) is 0 Å². The number of rotatable bonds is 1. The van der Waals surface area contributed by atoms with E-state index in [-0.39, 0.29) is 5.60 Å². The average molecular weight is 233 g/mol. The van der Waals surface area contributed by atoms with Gasteiger partial charge in [-0.2, -0.15) is 4.98 Å². The highest BCUT2D eigenvalue weighted by Gasteiger charge is 2.36. The molecule has 1 aliphatic heterocycles. The van der Waals surface area contributed by atoms with E-state index in [1.165, 1.54) is 0 Å². The third-order valence-electron chi connectivity index (χ3n) is 2.09. The lowest BCUT2D eigenvalue weighted by atomic mass is 10.0. The molecule has 12 heavy (non-hydrogen) atoms. The first-order chi connectivity index (χ1) is 5.71. The van der Waals surface area contributed by atoms with Gasteiger partial charge in [-0.25, -0.2) is 0 Å². The average Bonchev–Trinajstić information content (AvgIpc) is 2.59. The molecule has 1 fully saturated rings. The van der Waals surface area contributed by atoms with Crippen molar-refractivity contribution in [3.8, 4) is 0 Å². The summed E-state index contributed by atoms with van der Waals surface area (Å²) in [5.74, 6) is 0.631. The molecule has 0 aromatic carbocycles. The van der Waals surface area contributed by atoms with Crippen molar-refractivity contribution in [2.45, 2.75) is 25.4 Å². The Bertz CT molecular complexity index is 281. The van der Waals surface area contributed by atoms with Crippen LogP contribution in [-0.2, 0) is 10.3 Å². The van der Waals surface area contributed by atoms with Crippen molar-refractivity contribution >= 4 is 15.9 Å². The summed E-state index contributed by atoms with van der Waals surface area (Å²) in [7, 11) is 0. The van der Waals surface area contributed by atoms with E-state index >= 15 is 0 Å². The highest BCUT2D eigenvalue weighted by molar-refractivity contribution is 9.10. The molecule has 0 bridgehead atoms. The Morgan fingerprint density at radius 2 is 2.42 bits per heavy atom. The third-order valence-corrected chi connectivity index (χ3v) is 2.42. The molecule has 1 aromatic rings. The van der Waals surface area contributed by atoms with Gasteiger partial charge in [-0.3, -0.25) is 0 Å². The van der Waals surface area contributed by atoms with Crippen LogP contribution in [0.4, 0.5) is 0 Å². The van der Waals surface area contributed by atoms with Crippen LogP contribution in [0.15, 0.2) is 9.32 Å². The fraction of sp³-hybridized carbons (Fsp3) is 0.714. The third kappa shape index (κ3) is 1.27. The molecule has 0 N–H and O–H groups in total. The molecular weight excluding hydrogens is 224 g/mol. The van der Waals surface area contributed by atoms with Crippen molar-refractivity contribution in [2.75, 3.05) is 6.61 Å². The van der Waals surface area contributed by atoms with Gasteiger partial charge in [0.15, 0.2) is 0 Å². The smallest absolute Gasteiger partial charge is 0.293 e. The molecule has 0 aliphatic carbocycles. The summed E-state index contributed by atoms with van der Waals surface area (Å²) < 4.78 is 10.4. The van der Waals surface area contributed by atoms with Crippen LogP contribution < -0.4 is 0 Å². The lowest BCUT2D eigenvalue weighted by Gasteiger charge is -2.17. The zero-order valence-electron chi connectivity index (χ0n) is 6.71. The number of hydrogen-bond acceptors (Lipinski definition) is 4. The summed E-state index contributed by atoms with van der Waals surface area (Å²) in [5.41, 5.74) is -0.338. The highest BCUT2D eigenvalue weighted by atomic mass is 79.9. The summed E-state index contributed by atoms with van der Waals surface area (Å²) in [5, 5.41) is 3.81. The van der Waals surface area contributed by atoms with Gasteiger partial charge in [0, 0.05) is 22.5 Å². The van der Waals surface area contributed by atoms with Gasteiger partial charge in [-0.1, -0.05) is 5.16 Å². The van der Waals surface area contributed by atoms with Crippen molar-refractivity contribution in [1.82, 2.24) is 10.1 Å². The summed E-state index contributed by atoms with van der Waals surface area (Å²) in [6, 6.07) is 0. The molecular formula is C7H9BrN2O2. The van der Waals surface area contributed by atoms with Crippen LogP contribution in [0.5, 0.6) is 0 Å². The zero-order valence-corrected chi connectivity index (χ0v) is 8.30. The second-order valence-corrected chi connectivity index (χ2v) is 3.73. The fourth-order valence-electron chi connectivity index (χ4n) is 1.38. The van der Waals surface area contributed by atoms with Crippen LogP contribution >= 0.6 is 15.9 Å². The first kappa shape index (κ1) is 8.19. The van der Waals surface area contributed by atoms with E-state index in [2.05, 4.69) is 26.1 Å². The lowest BCUT2D eigenvalue weighted by molar-refractivity contribution is 0.00768. The van der Waals surface area contributed by atoms with Crippen LogP contribution in [0.2, 0.25) is 0 Å². The molecule has 1 unspecified atom stereocenters. The Hall–Kier alpha value is -0.420. The molecule has 1 aliphatic rings. The molecule has 5 heteroatoms. The van der Waals surface area contributed by atoms with Gasteiger partial charge in [0.2, 0.25) is 5.82 Å². The van der Waals surface area contributed by atoms with E-state index in [0.29, 0.717) is 10.6 Å². The van der Waals surface area contributed by atoms with Gasteiger partial charge >= 0.3 is 0 Å². The first-order valence-corrected chi connectivity index (χ1v) is 4.64. The molecule has 0 radical (unpaired) electrons. The van der Waals surface area contributed by atoms with Gasteiger partial charge < -0.3 is 9.26 Å². The normalized spacial score (nSPS) is 29.5. The molecule has 2 rings (SSSR count). The first-order valence-electron chi connectivity index (χ1n) is 3.84. The number of ether oxygens (including phenoxy) is 1. The quantitative estimate of drug-likeness (QED) is 0.742. The molecule has 4 nitrogen and oxygen atoms in total. The summed E-state index contributed by atoms with van der Waals surface area (Å²) in [6.45, 7) is 2.76. The van der Waals surface area contributed by atoms with Crippen LogP contribution in [0.25, 0.3) is 0 Å². The minimum Gasteiger partial charge on any atom is -0.367 e. The number of aromatic nitrogens is 2. The Labute approximate surface area is 78.4 Å². The van der Waals surface area contributed by atoms with Gasteiger partial charge in [-0.05, 0) is 19.8 Å². The van der Waals surface area contributed by atoms with Crippen molar-refractivity contribution in [3.63, 3.8) is 0 Å². The van der Waals surface area contributed by atoms with E-state index in [1.54, 1.807) is 0 Å². The minimum atomic E-state index is -0.338. The molecule has 1 aromatic heterocycles. The van der Waals surface area contributed by atoms with Gasteiger partial charge in [0.25, 0.3) is 4.80 Å². The number of halogens is 1. The van der Waals surface area contributed by atoms with Crippen molar-refractivity contribution in [3.05, 3.63) is 10.6 Å². The van der Waals surface area contributed by atoms with Crippen LogP contribution in [-0.4, -0.2) is 16.7 Å². The maximum Gasteiger partial charge on any atom is 0.293 e. The second kappa shape index (κ2) is 2.81. The Morgan fingerprint density at radius 3 is 2.92 bits per heavy atom. The Kier molecular flexibility index (Phi) is 1.92. The fourth-order valence-corrected chi connectivity index (χ4v) is 1.62. The second-order valence-electron chi connectivity index (χ2n) is 3.05. The minimum absolute atomic E-state index is 0.338. The van der Waals surface area contributed by atoms with Crippen LogP contribution in [0.1, 0.15) is 25.6 Å². The van der Waals surface area contributed by atoms with Gasteiger partial charge in [-0.15, -0.1) is 0 Å². The van der Waals surface area contributed by atoms with E-state index < -0.39 is 0 Å². The molecule has 2 heterocycles. The van der Waals surface area contributed by atoms with Crippen LogP contribution in [0.3, 0.4) is 0 Å². The van der Waals surface area contributed by atoms with Gasteiger partial charge in [0.05, 0.1) is 0 Å². The maximum atomic E-state index is 5.53. The zero-order chi connectivity index (χ0) is 8.60. The summed E-state index contributed by atoms with van der Waals surface area (Å²) >= 11 is 3.11. The Morgan fingerprint density at radius 1 is 1.58 bits per heavy atom. The predicted molar refractivity (Wildman–Crippen MR) is 44.5 cm³/mol. The summed E-state index contributed by atoms with van der Waals surface area (Å²) in [6.07, 6.45) is 2.02. The van der Waals surface area contributed by atoms with Gasteiger partial charge in [0.1, 0.15) is 5.60 Å². The molecule has 0 amide bonds. The summed E-state index contributed by atoms with van der Waals surface area (Å²) in [4.78, 5) is 4.49. The number of nitrogens with zero attached hydrogens (tertiary/aromatic N) is 2.